The van der Waals surface area contributed by atoms with E-state index in [1.165, 1.54) is 25.7 Å². The van der Waals surface area contributed by atoms with Crippen molar-refractivity contribution in [2.24, 2.45) is 0 Å². The molecule has 0 atom stereocenters. The summed E-state index contributed by atoms with van der Waals surface area (Å²) in [5.74, 6) is -0.0542. The molecule has 1 saturated heterocycles. The molecular weight excluding hydrogens is 304 g/mol. The monoisotopic (exact) mass is 332 g/mol. The molecule has 5 nitrogen and oxygen atoms in total. The molecule has 1 saturated carbocycles. The smallest absolute Gasteiger partial charge is 0.256 e. The van der Waals surface area contributed by atoms with Gasteiger partial charge in [0.05, 0.1) is 12.7 Å². The third-order valence-corrected chi connectivity index (χ3v) is 5.22. The maximum atomic E-state index is 12.6. The Morgan fingerprint density at radius 3 is 2.50 bits per heavy atom. The number of methoxy groups -OCH3 is 1. The Bertz CT molecular complexity index is 532. The van der Waals surface area contributed by atoms with E-state index in [4.69, 9.17) is 9.47 Å². The second kappa shape index (κ2) is 8.10. The van der Waals surface area contributed by atoms with Crippen molar-refractivity contribution in [3.63, 3.8) is 0 Å². The highest BCUT2D eigenvalue weighted by Crippen LogP contribution is 2.25. The zero-order chi connectivity index (χ0) is 16.8. The van der Waals surface area contributed by atoms with Crippen molar-refractivity contribution < 1.29 is 14.3 Å². The van der Waals surface area contributed by atoms with Crippen LogP contribution in [0.5, 0.6) is 0 Å². The van der Waals surface area contributed by atoms with Crippen LogP contribution in [0, 0.1) is 0 Å². The van der Waals surface area contributed by atoms with Gasteiger partial charge in [0.15, 0.2) is 0 Å². The van der Waals surface area contributed by atoms with Gasteiger partial charge in [-0.3, -0.25) is 4.79 Å². The standard InChI is InChI=1S/C19H28N2O3/c1-23-19(10-12-20-13-11-19)18(22)21-16-8-6-15(7-9-16)14-24-17-4-2-3-5-17/h6-9,17,20H,2-5,10-14H2,1H3,(H,21,22). The fourth-order valence-electron chi connectivity index (χ4n) is 3.55. The number of ether oxygens (including phenoxy) is 2. The number of nitrogens with one attached hydrogen (secondary N) is 2. The minimum atomic E-state index is -0.713. The van der Waals surface area contributed by atoms with Gasteiger partial charge in [-0.05, 0) is 56.5 Å². The maximum Gasteiger partial charge on any atom is 0.256 e. The lowest BCUT2D eigenvalue weighted by Crippen LogP contribution is -2.51. The van der Waals surface area contributed by atoms with E-state index < -0.39 is 5.60 Å². The zero-order valence-corrected chi connectivity index (χ0v) is 14.5. The SMILES string of the molecule is COC1(C(=O)Nc2ccc(COC3CCCC3)cc2)CCNCC1. The molecule has 3 rings (SSSR count). The number of piperidine rings is 1. The quantitative estimate of drug-likeness (QED) is 0.841. The van der Waals surface area contributed by atoms with Crippen molar-refractivity contribution in [2.45, 2.75) is 56.8 Å². The Morgan fingerprint density at radius 1 is 1.21 bits per heavy atom. The first-order chi connectivity index (χ1) is 11.7. The molecule has 0 radical (unpaired) electrons. The van der Waals surface area contributed by atoms with Gasteiger partial charge in [-0.25, -0.2) is 0 Å². The molecule has 0 aromatic heterocycles. The van der Waals surface area contributed by atoms with Crippen LogP contribution in [0.3, 0.4) is 0 Å². The van der Waals surface area contributed by atoms with Crippen LogP contribution in [0.25, 0.3) is 0 Å². The van der Waals surface area contributed by atoms with Crippen LogP contribution in [0.4, 0.5) is 5.69 Å². The Kier molecular flexibility index (Phi) is 5.87. The third kappa shape index (κ3) is 4.15. The molecule has 2 fully saturated rings. The predicted octanol–water partition coefficient (Wildman–Crippen LogP) is 2.85. The number of benzene rings is 1. The van der Waals surface area contributed by atoms with E-state index in [1.807, 2.05) is 24.3 Å². The number of carbonyl (C=O) groups is 1. The normalized spacial score (nSPS) is 20.9. The Hall–Kier alpha value is -1.43. The molecule has 2 N–H and O–H groups in total. The molecule has 1 aromatic rings. The second-order valence-corrected chi connectivity index (χ2v) is 6.82. The van der Waals surface area contributed by atoms with Gasteiger partial charge >= 0.3 is 0 Å². The summed E-state index contributed by atoms with van der Waals surface area (Å²) >= 11 is 0. The number of rotatable bonds is 6. The summed E-state index contributed by atoms with van der Waals surface area (Å²) < 4.78 is 11.5. The fraction of sp³-hybridized carbons (Fsp3) is 0.632. The second-order valence-electron chi connectivity index (χ2n) is 6.82. The Labute approximate surface area is 144 Å². The molecule has 0 unspecified atom stereocenters. The van der Waals surface area contributed by atoms with E-state index in [0.717, 1.165) is 24.3 Å². The highest BCUT2D eigenvalue weighted by atomic mass is 16.5. The van der Waals surface area contributed by atoms with Crippen molar-refractivity contribution in [3.8, 4) is 0 Å². The summed E-state index contributed by atoms with van der Waals surface area (Å²) in [5, 5.41) is 6.26. The molecule has 1 aliphatic heterocycles. The first-order valence-electron chi connectivity index (χ1n) is 9.00. The molecule has 1 aromatic carbocycles. The number of hydrogen-bond acceptors (Lipinski definition) is 4. The molecule has 132 valence electrons. The van der Waals surface area contributed by atoms with Crippen LogP contribution in [0.15, 0.2) is 24.3 Å². The summed E-state index contributed by atoms with van der Waals surface area (Å²) in [7, 11) is 1.62. The van der Waals surface area contributed by atoms with Crippen LogP contribution >= 0.6 is 0 Å². The Balaban J connectivity index is 1.54. The first-order valence-corrected chi connectivity index (χ1v) is 9.00. The van der Waals surface area contributed by atoms with Crippen LogP contribution in [0.1, 0.15) is 44.1 Å². The minimum Gasteiger partial charge on any atom is -0.374 e. The molecule has 1 heterocycles. The van der Waals surface area contributed by atoms with Gasteiger partial charge in [0.2, 0.25) is 0 Å². The van der Waals surface area contributed by atoms with Crippen LogP contribution in [0.2, 0.25) is 0 Å². The summed E-state index contributed by atoms with van der Waals surface area (Å²) in [6.07, 6.45) is 6.75. The van der Waals surface area contributed by atoms with Crippen molar-refractivity contribution in [1.29, 1.82) is 0 Å². The van der Waals surface area contributed by atoms with E-state index in [2.05, 4.69) is 10.6 Å². The summed E-state index contributed by atoms with van der Waals surface area (Å²) in [4.78, 5) is 12.6. The molecule has 1 amide bonds. The van der Waals surface area contributed by atoms with Crippen LogP contribution in [-0.4, -0.2) is 37.8 Å². The average molecular weight is 332 g/mol. The summed E-state index contributed by atoms with van der Waals surface area (Å²) in [6.45, 7) is 2.25. The number of amides is 1. The lowest BCUT2D eigenvalue weighted by molar-refractivity contribution is -0.140. The molecule has 24 heavy (non-hydrogen) atoms. The van der Waals surface area contributed by atoms with Crippen LogP contribution < -0.4 is 10.6 Å². The van der Waals surface area contributed by atoms with Gasteiger partial charge in [-0.15, -0.1) is 0 Å². The highest BCUT2D eigenvalue weighted by Gasteiger charge is 2.39. The average Bonchev–Trinajstić information content (AvgIpc) is 3.15. The summed E-state index contributed by atoms with van der Waals surface area (Å²) in [5.41, 5.74) is 1.23. The number of hydrogen-bond donors (Lipinski definition) is 2. The van der Waals surface area contributed by atoms with Gasteiger partial charge < -0.3 is 20.1 Å². The highest BCUT2D eigenvalue weighted by molar-refractivity contribution is 5.97. The van der Waals surface area contributed by atoms with Gasteiger partial charge in [0, 0.05) is 12.8 Å². The van der Waals surface area contributed by atoms with E-state index in [9.17, 15) is 4.79 Å². The van der Waals surface area contributed by atoms with Crippen molar-refractivity contribution >= 4 is 11.6 Å². The molecule has 5 heteroatoms. The molecule has 2 aliphatic rings. The molecular formula is C19H28N2O3. The minimum absolute atomic E-state index is 0.0542. The van der Waals surface area contributed by atoms with E-state index >= 15 is 0 Å². The van der Waals surface area contributed by atoms with Gasteiger partial charge in [0.25, 0.3) is 5.91 Å². The summed E-state index contributed by atoms with van der Waals surface area (Å²) in [6, 6.07) is 7.92. The third-order valence-electron chi connectivity index (χ3n) is 5.22. The molecule has 0 bridgehead atoms. The Morgan fingerprint density at radius 2 is 1.88 bits per heavy atom. The lowest BCUT2D eigenvalue weighted by Gasteiger charge is -2.34. The van der Waals surface area contributed by atoms with Crippen LogP contribution in [-0.2, 0) is 20.9 Å². The van der Waals surface area contributed by atoms with Crippen molar-refractivity contribution in [3.05, 3.63) is 29.8 Å². The first kappa shape index (κ1) is 17.4. The lowest BCUT2D eigenvalue weighted by atomic mass is 9.91. The molecule has 0 spiro atoms. The zero-order valence-electron chi connectivity index (χ0n) is 14.5. The molecule has 1 aliphatic carbocycles. The maximum absolute atomic E-state index is 12.6. The van der Waals surface area contributed by atoms with Gasteiger partial charge in [0.1, 0.15) is 5.60 Å². The predicted molar refractivity (Wildman–Crippen MR) is 94.0 cm³/mol. The van der Waals surface area contributed by atoms with Gasteiger partial charge in [-0.1, -0.05) is 25.0 Å². The topological polar surface area (TPSA) is 59.6 Å². The number of anilines is 1. The van der Waals surface area contributed by atoms with E-state index in [0.29, 0.717) is 25.6 Å². The van der Waals surface area contributed by atoms with Crippen molar-refractivity contribution in [2.75, 3.05) is 25.5 Å². The van der Waals surface area contributed by atoms with Crippen molar-refractivity contribution in [1.82, 2.24) is 5.32 Å². The van der Waals surface area contributed by atoms with E-state index in [-0.39, 0.29) is 5.91 Å². The largest absolute Gasteiger partial charge is 0.374 e. The van der Waals surface area contributed by atoms with E-state index in [1.54, 1.807) is 7.11 Å². The van der Waals surface area contributed by atoms with Gasteiger partial charge in [-0.2, -0.15) is 0 Å². The fourth-order valence-corrected chi connectivity index (χ4v) is 3.55. The number of carbonyl (C=O) groups excluding carboxylic acids is 1.